The van der Waals surface area contributed by atoms with Gasteiger partial charge in [-0.2, -0.15) is 0 Å². The maximum Gasteiger partial charge on any atom is 0.338 e. The van der Waals surface area contributed by atoms with Crippen molar-refractivity contribution in [1.29, 1.82) is 0 Å². The summed E-state index contributed by atoms with van der Waals surface area (Å²) in [6, 6.07) is 7.87. The number of rotatable bonds is 4. The summed E-state index contributed by atoms with van der Waals surface area (Å²) < 4.78 is 5.37. The van der Waals surface area contributed by atoms with Crippen molar-refractivity contribution in [2.45, 2.75) is 51.8 Å². The van der Waals surface area contributed by atoms with Crippen LogP contribution in [-0.4, -0.2) is 35.5 Å². The van der Waals surface area contributed by atoms with Crippen LogP contribution in [0.4, 0.5) is 0 Å². The van der Waals surface area contributed by atoms with E-state index in [4.69, 9.17) is 10.5 Å². The molecule has 1 fully saturated rings. The zero-order valence-corrected chi connectivity index (χ0v) is 16.5. The number of benzene rings is 1. The van der Waals surface area contributed by atoms with Gasteiger partial charge in [0, 0.05) is 13.1 Å². The van der Waals surface area contributed by atoms with E-state index in [2.05, 4.69) is 4.99 Å². The second-order valence-electron chi connectivity index (χ2n) is 6.72. The van der Waals surface area contributed by atoms with Crippen molar-refractivity contribution in [1.82, 2.24) is 4.90 Å². The van der Waals surface area contributed by atoms with E-state index in [1.807, 2.05) is 50.9 Å². The summed E-state index contributed by atoms with van der Waals surface area (Å²) in [7, 11) is 1.97. The third kappa shape index (κ3) is 6.37. The number of aliphatic imine (C=N–C) groups is 1. The van der Waals surface area contributed by atoms with Crippen LogP contribution in [0.5, 0.6) is 0 Å². The molecule has 1 aromatic carbocycles. The molecule has 0 heterocycles. The summed E-state index contributed by atoms with van der Waals surface area (Å²) in [5.41, 5.74) is 6.95. The highest BCUT2D eigenvalue weighted by atomic mass is 127. The number of nitrogens with zero attached hydrogens (tertiary/aromatic N) is 2. The maximum absolute atomic E-state index is 12.1. The first-order valence-electron chi connectivity index (χ1n) is 7.61. The fourth-order valence-electron chi connectivity index (χ4n) is 2.07. The first kappa shape index (κ1) is 19.7. The predicted molar refractivity (Wildman–Crippen MR) is 103 cm³/mol. The molecule has 2 rings (SSSR count). The van der Waals surface area contributed by atoms with E-state index < -0.39 is 5.60 Å². The molecule has 23 heavy (non-hydrogen) atoms. The number of halogens is 1. The number of hydrogen-bond acceptors (Lipinski definition) is 3. The molecule has 128 valence electrons. The normalized spacial score (nSPS) is 14.9. The molecule has 0 aliphatic heterocycles. The van der Waals surface area contributed by atoms with Gasteiger partial charge < -0.3 is 15.4 Å². The highest BCUT2D eigenvalue weighted by Crippen LogP contribution is 2.25. The van der Waals surface area contributed by atoms with Gasteiger partial charge in [-0.1, -0.05) is 12.1 Å². The summed E-state index contributed by atoms with van der Waals surface area (Å²) in [5.74, 6) is 0.228. The van der Waals surface area contributed by atoms with Crippen molar-refractivity contribution in [3.05, 3.63) is 35.4 Å². The summed E-state index contributed by atoms with van der Waals surface area (Å²) in [6.07, 6.45) is 2.36. The molecule has 1 aromatic rings. The Balaban J connectivity index is 0.00000264. The van der Waals surface area contributed by atoms with E-state index in [1.54, 1.807) is 6.07 Å². The standard InChI is InChI=1S/C17H25N3O2.HI/c1-17(2,3)22-15(21)13-7-5-6-12(10-13)11-19-16(18)20(4)14-8-9-14;/h5-7,10,14H,8-9,11H2,1-4H3,(H2,18,19);1H. The highest BCUT2D eigenvalue weighted by molar-refractivity contribution is 14.0. The minimum absolute atomic E-state index is 0. The first-order valence-corrected chi connectivity index (χ1v) is 7.61. The molecule has 0 unspecified atom stereocenters. The van der Waals surface area contributed by atoms with E-state index in [0.29, 0.717) is 24.1 Å². The van der Waals surface area contributed by atoms with E-state index >= 15 is 0 Å². The predicted octanol–water partition coefficient (Wildman–Crippen LogP) is 3.17. The molecule has 6 heteroatoms. The van der Waals surface area contributed by atoms with Gasteiger partial charge in [0.1, 0.15) is 5.60 Å². The molecule has 0 aromatic heterocycles. The van der Waals surface area contributed by atoms with E-state index in [1.165, 1.54) is 12.8 Å². The molecule has 0 radical (unpaired) electrons. The highest BCUT2D eigenvalue weighted by Gasteiger charge is 2.27. The number of guanidine groups is 1. The lowest BCUT2D eigenvalue weighted by Gasteiger charge is -2.19. The summed E-state index contributed by atoms with van der Waals surface area (Å²) in [4.78, 5) is 18.5. The second-order valence-corrected chi connectivity index (χ2v) is 6.72. The third-order valence-corrected chi connectivity index (χ3v) is 3.44. The third-order valence-electron chi connectivity index (χ3n) is 3.44. The van der Waals surface area contributed by atoms with Gasteiger partial charge in [-0.05, 0) is 51.3 Å². The second kappa shape index (κ2) is 7.99. The van der Waals surface area contributed by atoms with Crippen LogP contribution in [0.25, 0.3) is 0 Å². The lowest BCUT2D eigenvalue weighted by atomic mass is 10.1. The minimum atomic E-state index is -0.497. The van der Waals surface area contributed by atoms with Gasteiger partial charge in [0.05, 0.1) is 12.1 Å². The van der Waals surface area contributed by atoms with Crippen molar-refractivity contribution >= 4 is 35.9 Å². The monoisotopic (exact) mass is 431 g/mol. The van der Waals surface area contributed by atoms with Gasteiger partial charge in [0.25, 0.3) is 0 Å². The Hall–Kier alpha value is -1.31. The van der Waals surface area contributed by atoms with Crippen molar-refractivity contribution in [3.63, 3.8) is 0 Å². The van der Waals surface area contributed by atoms with E-state index in [-0.39, 0.29) is 29.9 Å². The van der Waals surface area contributed by atoms with Gasteiger partial charge >= 0.3 is 5.97 Å². The Morgan fingerprint density at radius 1 is 1.39 bits per heavy atom. The average molecular weight is 431 g/mol. The smallest absolute Gasteiger partial charge is 0.338 e. The van der Waals surface area contributed by atoms with Crippen LogP contribution < -0.4 is 5.73 Å². The Kier molecular flexibility index (Phi) is 6.85. The number of nitrogens with two attached hydrogens (primary N) is 1. The summed E-state index contributed by atoms with van der Waals surface area (Å²) in [6.45, 7) is 6.02. The molecular formula is C17H26IN3O2. The van der Waals surface area contributed by atoms with Gasteiger partial charge in [-0.25, -0.2) is 9.79 Å². The summed E-state index contributed by atoms with van der Waals surface area (Å²) >= 11 is 0. The molecule has 0 atom stereocenters. The zero-order chi connectivity index (χ0) is 16.3. The number of hydrogen-bond donors (Lipinski definition) is 1. The Labute approximate surface area is 155 Å². The topological polar surface area (TPSA) is 67.9 Å². The summed E-state index contributed by atoms with van der Waals surface area (Å²) in [5, 5.41) is 0. The minimum Gasteiger partial charge on any atom is -0.456 e. The van der Waals surface area contributed by atoms with Crippen LogP contribution in [0.2, 0.25) is 0 Å². The molecule has 0 saturated heterocycles. The quantitative estimate of drug-likeness (QED) is 0.344. The van der Waals surface area contributed by atoms with Crippen LogP contribution in [0.3, 0.4) is 0 Å². The lowest BCUT2D eigenvalue weighted by Crippen LogP contribution is -2.35. The molecule has 5 nitrogen and oxygen atoms in total. The number of esters is 1. The van der Waals surface area contributed by atoms with E-state index in [0.717, 1.165) is 5.56 Å². The lowest BCUT2D eigenvalue weighted by molar-refractivity contribution is 0.00694. The molecule has 2 N–H and O–H groups in total. The SMILES string of the molecule is CN(C(N)=NCc1cccc(C(=O)OC(C)(C)C)c1)C1CC1.I. The van der Waals surface area contributed by atoms with Gasteiger partial charge in [0.2, 0.25) is 0 Å². The number of carbonyl (C=O) groups is 1. The number of carbonyl (C=O) groups excluding carboxylic acids is 1. The van der Waals surface area contributed by atoms with Crippen LogP contribution in [0.15, 0.2) is 29.3 Å². The molecule has 0 spiro atoms. The van der Waals surface area contributed by atoms with Crippen LogP contribution in [-0.2, 0) is 11.3 Å². The first-order chi connectivity index (χ1) is 10.3. The Morgan fingerprint density at radius 3 is 2.61 bits per heavy atom. The molecule has 0 amide bonds. The Bertz CT molecular complexity index is 577. The Morgan fingerprint density at radius 2 is 2.04 bits per heavy atom. The fraction of sp³-hybridized carbons (Fsp3) is 0.529. The maximum atomic E-state index is 12.1. The van der Waals surface area contributed by atoms with Gasteiger partial charge in [-0.3, -0.25) is 0 Å². The van der Waals surface area contributed by atoms with Crippen molar-refractivity contribution in [3.8, 4) is 0 Å². The van der Waals surface area contributed by atoms with Crippen molar-refractivity contribution in [2.24, 2.45) is 10.7 Å². The molecule has 1 saturated carbocycles. The van der Waals surface area contributed by atoms with Crippen molar-refractivity contribution in [2.75, 3.05) is 7.05 Å². The van der Waals surface area contributed by atoms with Gasteiger partial charge in [-0.15, -0.1) is 24.0 Å². The zero-order valence-electron chi connectivity index (χ0n) is 14.2. The van der Waals surface area contributed by atoms with E-state index in [9.17, 15) is 4.79 Å². The fourth-order valence-corrected chi connectivity index (χ4v) is 2.07. The average Bonchev–Trinajstić information content (AvgIpc) is 3.27. The molecule has 1 aliphatic carbocycles. The van der Waals surface area contributed by atoms with Crippen molar-refractivity contribution < 1.29 is 9.53 Å². The van der Waals surface area contributed by atoms with Crippen LogP contribution in [0, 0.1) is 0 Å². The van der Waals surface area contributed by atoms with Gasteiger partial charge in [0.15, 0.2) is 5.96 Å². The number of ether oxygens (including phenoxy) is 1. The molecular weight excluding hydrogens is 405 g/mol. The molecule has 0 bridgehead atoms. The van der Waals surface area contributed by atoms with Crippen LogP contribution in [0.1, 0.15) is 49.5 Å². The molecule has 1 aliphatic rings. The largest absolute Gasteiger partial charge is 0.456 e. The van der Waals surface area contributed by atoms with Crippen LogP contribution >= 0.6 is 24.0 Å².